The summed E-state index contributed by atoms with van der Waals surface area (Å²) in [4.78, 5) is 2.28. The van der Waals surface area contributed by atoms with Crippen molar-refractivity contribution in [1.29, 1.82) is 0 Å². The molecule has 1 saturated heterocycles. The maximum absolute atomic E-state index is 3.89. The van der Waals surface area contributed by atoms with Crippen LogP contribution < -0.4 is 10.6 Å². The first-order chi connectivity index (χ1) is 8.66. The number of rotatable bonds is 6. The van der Waals surface area contributed by atoms with Gasteiger partial charge in [-0.3, -0.25) is 0 Å². The average molecular weight is 253 g/mol. The van der Waals surface area contributed by atoms with Crippen LogP contribution in [0.2, 0.25) is 0 Å². The van der Waals surface area contributed by atoms with Crippen molar-refractivity contribution in [2.24, 2.45) is 5.92 Å². The summed E-state index contributed by atoms with van der Waals surface area (Å²) in [5, 5.41) is 7.60. The third-order valence-electron chi connectivity index (χ3n) is 4.69. The Morgan fingerprint density at radius 1 is 1.22 bits per heavy atom. The zero-order chi connectivity index (χ0) is 13.0. The predicted molar refractivity (Wildman–Crippen MR) is 77.9 cm³/mol. The number of hydrogen-bond acceptors (Lipinski definition) is 3. The van der Waals surface area contributed by atoms with E-state index in [0.717, 1.165) is 18.0 Å². The van der Waals surface area contributed by atoms with Gasteiger partial charge in [0.15, 0.2) is 0 Å². The highest BCUT2D eigenvalue weighted by atomic mass is 15.1. The zero-order valence-electron chi connectivity index (χ0n) is 12.4. The minimum absolute atomic E-state index is 0.652. The summed E-state index contributed by atoms with van der Waals surface area (Å²) in [6, 6.07) is 2.21. The Morgan fingerprint density at radius 3 is 2.72 bits per heavy atom. The Bertz CT molecular complexity index is 236. The molecule has 18 heavy (non-hydrogen) atoms. The van der Waals surface area contributed by atoms with Crippen molar-refractivity contribution in [1.82, 2.24) is 15.5 Å². The Hall–Kier alpha value is -0.120. The van der Waals surface area contributed by atoms with Gasteiger partial charge in [-0.25, -0.2) is 0 Å². The van der Waals surface area contributed by atoms with Gasteiger partial charge in [0.05, 0.1) is 0 Å². The molecule has 2 N–H and O–H groups in total. The summed E-state index contributed by atoms with van der Waals surface area (Å²) in [7, 11) is 4.32. The monoisotopic (exact) mass is 253 g/mol. The van der Waals surface area contributed by atoms with Crippen molar-refractivity contribution in [3.8, 4) is 0 Å². The predicted octanol–water partition coefficient (Wildman–Crippen LogP) is 1.84. The van der Waals surface area contributed by atoms with Crippen LogP contribution in [0.1, 0.15) is 45.4 Å². The average Bonchev–Trinajstić information content (AvgIpc) is 2.95. The molecule has 1 heterocycles. The molecule has 2 fully saturated rings. The highest BCUT2D eigenvalue weighted by Crippen LogP contribution is 2.32. The van der Waals surface area contributed by atoms with Gasteiger partial charge in [-0.05, 0) is 72.1 Å². The summed E-state index contributed by atoms with van der Waals surface area (Å²) in [6.07, 6.45) is 8.26. The van der Waals surface area contributed by atoms with E-state index in [1.807, 2.05) is 0 Å². The highest BCUT2D eigenvalue weighted by Gasteiger charge is 2.35. The van der Waals surface area contributed by atoms with Gasteiger partial charge in [-0.1, -0.05) is 6.42 Å². The summed E-state index contributed by atoms with van der Waals surface area (Å²) < 4.78 is 0. The van der Waals surface area contributed by atoms with Crippen LogP contribution in [0.25, 0.3) is 0 Å². The fourth-order valence-electron chi connectivity index (χ4n) is 3.65. The molecule has 0 amide bonds. The first-order valence-corrected chi connectivity index (χ1v) is 7.81. The Kier molecular flexibility index (Phi) is 5.46. The van der Waals surface area contributed by atoms with Crippen LogP contribution in [0.15, 0.2) is 0 Å². The third kappa shape index (κ3) is 3.94. The molecule has 0 aromatic heterocycles. The topological polar surface area (TPSA) is 27.3 Å². The minimum Gasteiger partial charge on any atom is -0.314 e. The zero-order valence-corrected chi connectivity index (χ0v) is 12.4. The van der Waals surface area contributed by atoms with E-state index in [-0.39, 0.29) is 0 Å². The lowest BCUT2D eigenvalue weighted by atomic mass is 9.92. The normalized spacial score (nSPS) is 34.3. The van der Waals surface area contributed by atoms with E-state index in [2.05, 4.69) is 36.6 Å². The minimum atomic E-state index is 0.652. The lowest BCUT2D eigenvalue weighted by molar-refractivity contribution is 0.285. The molecule has 2 aliphatic rings. The maximum atomic E-state index is 3.89. The highest BCUT2D eigenvalue weighted by molar-refractivity contribution is 4.93. The molecule has 106 valence electrons. The van der Waals surface area contributed by atoms with Gasteiger partial charge in [0.2, 0.25) is 0 Å². The van der Waals surface area contributed by atoms with Crippen molar-refractivity contribution in [2.75, 3.05) is 27.2 Å². The van der Waals surface area contributed by atoms with Crippen LogP contribution in [0, 0.1) is 5.92 Å². The van der Waals surface area contributed by atoms with Gasteiger partial charge < -0.3 is 15.5 Å². The standard InChI is InChI=1S/C15H31N3/c1-12(9-11-18(2)3)17-15-7-4-6-13(15)14-8-5-10-16-14/h12-17H,4-11H2,1-3H3. The number of hydrogen-bond donors (Lipinski definition) is 2. The van der Waals surface area contributed by atoms with Gasteiger partial charge in [0.25, 0.3) is 0 Å². The maximum Gasteiger partial charge on any atom is 0.0113 e. The van der Waals surface area contributed by atoms with Crippen LogP contribution in [-0.4, -0.2) is 50.2 Å². The van der Waals surface area contributed by atoms with Crippen molar-refractivity contribution in [3.05, 3.63) is 0 Å². The Balaban J connectivity index is 1.76. The van der Waals surface area contributed by atoms with Crippen molar-refractivity contribution in [3.63, 3.8) is 0 Å². The summed E-state index contributed by atoms with van der Waals surface area (Å²) in [6.45, 7) is 4.78. The SMILES string of the molecule is CC(CCN(C)C)NC1CCCC1C1CCCN1. The van der Waals surface area contributed by atoms with E-state index in [0.29, 0.717) is 6.04 Å². The Morgan fingerprint density at radius 2 is 2.06 bits per heavy atom. The number of nitrogens with one attached hydrogen (secondary N) is 2. The van der Waals surface area contributed by atoms with Crippen LogP contribution in [0.4, 0.5) is 0 Å². The van der Waals surface area contributed by atoms with Crippen LogP contribution in [-0.2, 0) is 0 Å². The number of nitrogens with zero attached hydrogens (tertiary/aromatic N) is 1. The first-order valence-electron chi connectivity index (χ1n) is 7.81. The molecule has 0 aromatic carbocycles. The molecule has 4 unspecified atom stereocenters. The largest absolute Gasteiger partial charge is 0.314 e. The van der Waals surface area contributed by atoms with E-state index < -0.39 is 0 Å². The second-order valence-corrected chi connectivity index (χ2v) is 6.56. The molecule has 0 spiro atoms. The molecule has 1 aliphatic carbocycles. The van der Waals surface area contributed by atoms with Crippen molar-refractivity contribution >= 4 is 0 Å². The second kappa shape index (κ2) is 6.88. The fraction of sp³-hybridized carbons (Fsp3) is 1.00. The summed E-state index contributed by atoms with van der Waals surface area (Å²) in [5.74, 6) is 0.884. The first kappa shape index (κ1) is 14.3. The third-order valence-corrected chi connectivity index (χ3v) is 4.69. The Labute approximate surface area is 113 Å². The smallest absolute Gasteiger partial charge is 0.0113 e. The molecular formula is C15H31N3. The molecule has 1 aliphatic heterocycles. The summed E-state index contributed by atoms with van der Waals surface area (Å²) >= 11 is 0. The second-order valence-electron chi connectivity index (χ2n) is 6.56. The molecule has 3 nitrogen and oxygen atoms in total. The van der Waals surface area contributed by atoms with Gasteiger partial charge in [-0.2, -0.15) is 0 Å². The van der Waals surface area contributed by atoms with E-state index in [4.69, 9.17) is 0 Å². The van der Waals surface area contributed by atoms with E-state index in [1.165, 1.54) is 51.6 Å². The lowest BCUT2D eigenvalue weighted by Gasteiger charge is -2.29. The van der Waals surface area contributed by atoms with E-state index in [9.17, 15) is 0 Å². The van der Waals surface area contributed by atoms with Crippen molar-refractivity contribution < 1.29 is 0 Å². The van der Waals surface area contributed by atoms with Gasteiger partial charge in [0.1, 0.15) is 0 Å². The summed E-state index contributed by atoms with van der Waals surface area (Å²) in [5.41, 5.74) is 0. The lowest BCUT2D eigenvalue weighted by Crippen LogP contribution is -2.45. The van der Waals surface area contributed by atoms with Crippen LogP contribution in [0.5, 0.6) is 0 Å². The molecular weight excluding hydrogens is 222 g/mol. The quantitative estimate of drug-likeness (QED) is 0.756. The molecule has 2 rings (SSSR count). The molecule has 3 heteroatoms. The van der Waals surface area contributed by atoms with Gasteiger partial charge >= 0.3 is 0 Å². The fourth-order valence-corrected chi connectivity index (χ4v) is 3.65. The van der Waals surface area contributed by atoms with Crippen molar-refractivity contribution in [2.45, 2.75) is 63.6 Å². The van der Waals surface area contributed by atoms with Crippen LogP contribution >= 0.6 is 0 Å². The molecule has 4 atom stereocenters. The van der Waals surface area contributed by atoms with E-state index >= 15 is 0 Å². The van der Waals surface area contributed by atoms with Crippen LogP contribution in [0.3, 0.4) is 0 Å². The molecule has 0 radical (unpaired) electrons. The molecule has 1 saturated carbocycles. The van der Waals surface area contributed by atoms with Gasteiger partial charge in [0, 0.05) is 18.1 Å². The molecule has 0 bridgehead atoms. The van der Waals surface area contributed by atoms with Gasteiger partial charge in [-0.15, -0.1) is 0 Å². The molecule has 0 aromatic rings. The van der Waals surface area contributed by atoms with E-state index in [1.54, 1.807) is 0 Å².